The second kappa shape index (κ2) is 9.80. The Labute approximate surface area is 218 Å². The molecule has 8 heteroatoms. The predicted octanol–water partition coefficient (Wildman–Crippen LogP) is 4.12. The van der Waals surface area contributed by atoms with Crippen molar-refractivity contribution in [1.29, 1.82) is 0 Å². The van der Waals surface area contributed by atoms with Crippen LogP contribution in [0.5, 0.6) is 5.75 Å². The van der Waals surface area contributed by atoms with Crippen LogP contribution in [0.3, 0.4) is 0 Å². The highest BCUT2D eigenvalue weighted by molar-refractivity contribution is 5.66. The van der Waals surface area contributed by atoms with Crippen LogP contribution in [0.2, 0.25) is 0 Å². The Morgan fingerprint density at radius 1 is 1.16 bits per heavy atom. The number of imidazole rings is 1. The molecule has 7 nitrogen and oxygen atoms in total. The van der Waals surface area contributed by atoms with Gasteiger partial charge in [0.1, 0.15) is 17.7 Å². The number of benzene rings is 1. The number of aliphatic hydroxyl groups is 1. The monoisotopic (exact) mass is 509 g/mol. The van der Waals surface area contributed by atoms with E-state index in [4.69, 9.17) is 4.98 Å². The number of aromatic nitrogens is 2. The molecule has 2 saturated carbocycles. The lowest BCUT2D eigenvalue weighted by Gasteiger charge is -2.37. The molecule has 6 rings (SSSR count). The highest BCUT2D eigenvalue weighted by Crippen LogP contribution is 2.45. The van der Waals surface area contributed by atoms with E-state index in [0.717, 1.165) is 80.7 Å². The lowest BCUT2D eigenvalue weighted by atomic mass is 9.71. The summed E-state index contributed by atoms with van der Waals surface area (Å²) in [7, 11) is 0. The van der Waals surface area contributed by atoms with E-state index in [1.54, 1.807) is 12.1 Å². The van der Waals surface area contributed by atoms with Gasteiger partial charge in [-0.15, -0.1) is 0 Å². The van der Waals surface area contributed by atoms with Crippen molar-refractivity contribution in [2.24, 2.45) is 5.92 Å². The van der Waals surface area contributed by atoms with E-state index < -0.39 is 11.8 Å². The van der Waals surface area contributed by atoms with Gasteiger partial charge in [-0.25, -0.2) is 14.8 Å². The van der Waals surface area contributed by atoms with Crippen molar-refractivity contribution in [1.82, 2.24) is 25.7 Å². The average molecular weight is 510 g/mol. The lowest BCUT2D eigenvalue weighted by molar-refractivity contribution is -0.000670. The van der Waals surface area contributed by atoms with Crippen molar-refractivity contribution >= 4 is 5.57 Å². The highest BCUT2D eigenvalue weighted by Gasteiger charge is 2.48. The number of hydrazine groups is 1. The van der Waals surface area contributed by atoms with Crippen molar-refractivity contribution in [3.8, 4) is 5.75 Å². The molecule has 5 unspecified atom stereocenters. The molecule has 1 saturated heterocycles. The van der Waals surface area contributed by atoms with Gasteiger partial charge >= 0.3 is 0 Å². The van der Waals surface area contributed by atoms with Crippen molar-refractivity contribution in [3.05, 3.63) is 53.1 Å². The second-order valence-electron chi connectivity index (χ2n) is 11.9. The van der Waals surface area contributed by atoms with Crippen molar-refractivity contribution in [3.63, 3.8) is 0 Å². The van der Waals surface area contributed by atoms with Crippen molar-refractivity contribution < 1.29 is 14.6 Å². The first kappa shape index (κ1) is 25.0. The molecule has 0 bridgehead atoms. The van der Waals surface area contributed by atoms with Gasteiger partial charge in [0.25, 0.3) is 0 Å². The summed E-state index contributed by atoms with van der Waals surface area (Å²) in [5.74, 6) is 1.06. The minimum absolute atomic E-state index is 0.0536. The maximum Gasteiger partial charge on any atom is 0.125 e. The number of nitrogens with zero attached hydrogens (tertiary/aromatic N) is 2. The van der Waals surface area contributed by atoms with Crippen LogP contribution in [0.4, 0.5) is 4.39 Å². The first-order chi connectivity index (χ1) is 17.8. The van der Waals surface area contributed by atoms with E-state index in [1.807, 2.05) is 19.2 Å². The van der Waals surface area contributed by atoms with Crippen LogP contribution in [0.25, 0.3) is 5.57 Å². The van der Waals surface area contributed by atoms with Crippen LogP contribution in [0, 0.1) is 5.92 Å². The van der Waals surface area contributed by atoms with Crippen LogP contribution in [-0.2, 0) is 6.42 Å². The lowest BCUT2D eigenvalue weighted by Crippen LogP contribution is -2.45. The number of nitrogens with one attached hydrogen (secondary N) is 3. The van der Waals surface area contributed by atoms with E-state index in [0.29, 0.717) is 6.04 Å². The zero-order valence-electron chi connectivity index (χ0n) is 21.9. The molecule has 3 heterocycles. The normalized spacial score (nSPS) is 36.5. The maximum absolute atomic E-state index is 15.9. The summed E-state index contributed by atoms with van der Waals surface area (Å²) in [5.41, 5.74) is 10.5. The topological polar surface area (TPSA) is 96.4 Å². The predicted molar refractivity (Wildman–Crippen MR) is 142 cm³/mol. The number of rotatable bonds is 5. The number of alkyl halides is 1. The summed E-state index contributed by atoms with van der Waals surface area (Å²) in [4.78, 5) is 10.8. The number of aryl methyl sites for hydroxylation is 1. The molecule has 200 valence electrons. The Hall–Kier alpha value is -2.26. The number of aromatic hydroxyl groups is 1. The number of phenols is 1. The molecule has 37 heavy (non-hydrogen) atoms. The van der Waals surface area contributed by atoms with Gasteiger partial charge in [0.2, 0.25) is 0 Å². The van der Waals surface area contributed by atoms with Crippen LogP contribution in [-0.4, -0.2) is 62.0 Å². The summed E-state index contributed by atoms with van der Waals surface area (Å²) in [6, 6.07) is 5.55. The molecule has 0 amide bonds. The number of aromatic amines is 1. The maximum atomic E-state index is 15.9. The smallest absolute Gasteiger partial charge is 0.125 e. The molecule has 2 aromatic rings. The molecule has 3 fully saturated rings. The van der Waals surface area contributed by atoms with E-state index in [-0.39, 0.29) is 29.7 Å². The Kier molecular flexibility index (Phi) is 6.63. The van der Waals surface area contributed by atoms with Crippen molar-refractivity contribution in [2.75, 3.05) is 13.1 Å². The van der Waals surface area contributed by atoms with Gasteiger partial charge in [-0.2, -0.15) is 0 Å². The summed E-state index contributed by atoms with van der Waals surface area (Å²) in [5, 5.41) is 20.2. The molecule has 5 atom stereocenters. The Morgan fingerprint density at radius 2 is 1.97 bits per heavy atom. The highest BCUT2D eigenvalue weighted by atomic mass is 19.1. The van der Waals surface area contributed by atoms with Crippen molar-refractivity contribution in [2.45, 2.75) is 94.6 Å². The third kappa shape index (κ3) is 4.73. The minimum atomic E-state index is -1.01. The van der Waals surface area contributed by atoms with Crippen LogP contribution >= 0.6 is 0 Å². The zero-order valence-corrected chi connectivity index (χ0v) is 21.9. The number of H-pyrrole nitrogens is 1. The quantitative estimate of drug-likeness (QED) is 0.416. The zero-order chi connectivity index (χ0) is 25.7. The van der Waals surface area contributed by atoms with E-state index in [9.17, 15) is 10.2 Å². The van der Waals surface area contributed by atoms with Gasteiger partial charge in [-0.3, -0.25) is 10.3 Å². The number of phenolic OH excluding ortho intramolecular Hbond substituents is 1. The van der Waals surface area contributed by atoms with E-state index in [2.05, 4.69) is 33.7 Å². The summed E-state index contributed by atoms with van der Waals surface area (Å²) >= 11 is 0. The first-order valence-corrected chi connectivity index (χ1v) is 14.0. The molecule has 2 aliphatic heterocycles. The molecular weight excluding hydrogens is 469 g/mol. The molecule has 0 radical (unpaired) electrons. The standard InChI is InChI=1S/C29H40FN5O2/c1-3-17-14-20(36)4-5-21(17)22-6-7-23-26(25(22)30)33-34-27(23)28-31-15-24(32-28)18-10-13-35(16-18)19-8-11-29(2,37)12-9-19/h4-5,10,14-15,19,22-23,25-27,33-34,36-37H,3,6-9,11-13,16H2,1-2H3,(H,31,32). The van der Waals surface area contributed by atoms with E-state index in [1.165, 1.54) is 5.57 Å². The summed E-state index contributed by atoms with van der Waals surface area (Å²) < 4.78 is 15.9. The van der Waals surface area contributed by atoms with E-state index >= 15 is 4.39 Å². The van der Waals surface area contributed by atoms with Gasteiger partial charge in [0.05, 0.1) is 29.6 Å². The number of hydrogen-bond acceptors (Lipinski definition) is 6. The summed E-state index contributed by atoms with van der Waals surface area (Å²) in [6.07, 6.45) is 9.48. The molecule has 0 spiro atoms. The molecule has 2 aliphatic carbocycles. The third-order valence-corrected chi connectivity index (χ3v) is 9.47. The van der Waals surface area contributed by atoms with Gasteiger partial charge in [0, 0.05) is 31.0 Å². The van der Waals surface area contributed by atoms with Crippen LogP contribution in [0.15, 0.2) is 30.5 Å². The Morgan fingerprint density at radius 3 is 2.76 bits per heavy atom. The minimum Gasteiger partial charge on any atom is -0.508 e. The molecule has 1 aromatic heterocycles. The Balaban J connectivity index is 1.11. The van der Waals surface area contributed by atoms with Gasteiger partial charge in [-0.1, -0.05) is 19.1 Å². The fraction of sp³-hybridized carbons (Fsp3) is 0.621. The number of halogens is 1. The fourth-order valence-corrected chi connectivity index (χ4v) is 7.21. The third-order valence-electron chi connectivity index (χ3n) is 9.47. The van der Waals surface area contributed by atoms with Gasteiger partial charge in [0.15, 0.2) is 0 Å². The largest absolute Gasteiger partial charge is 0.508 e. The average Bonchev–Trinajstić information content (AvgIpc) is 3.64. The second-order valence-corrected chi connectivity index (χ2v) is 11.9. The molecular formula is C29H40FN5O2. The summed E-state index contributed by atoms with van der Waals surface area (Å²) in [6.45, 7) is 5.84. The Bertz CT molecular complexity index is 1150. The van der Waals surface area contributed by atoms with Gasteiger partial charge in [-0.05, 0) is 80.7 Å². The van der Waals surface area contributed by atoms with Crippen LogP contribution in [0.1, 0.15) is 87.0 Å². The fourth-order valence-electron chi connectivity index (χ4n) is 7.21. The van der Waals surface area contributed by atoms with Crippen LogP contribution < -0.4 is 10.9 Å². The number of fused-ring (bicyclic) bond motifs is 1. The van der Waals surface area contributed by atoms with Gasteiger partial charge < -0.3 is 15.2 Å². The number of hydrogen-bond donors (Lipinski definition) is 5. The SMILES string of the molecule is CCc1cc(O)ccc1C1CCC2C(c3ncc(C4=CCN(C5CCC(C)(O)CC5)C4)[nH]3)NNC2C1F. The molecule has 4 aliphatic rings. The molecule has 5 N–H and O–H groups in total. The first-order valence-electron chi connectivity index (χ1n) is 14.0. The molecule has 1 aromatic carbocycles.